The molecule has 2 aromatic carbocycles. The van der Waals surface area contributed by atoms with Gasteiger partial charge in [0.15, 0.2) is 11.0 Å². The molecule has 146 valence electrons. The quantitative estimate of drug-likeness (QED) is 0.415. The van der Waals surface area contributed by atoms with Gasteiger partial charge in [0.25, 0.3) is 0 Å². The smallest absolute Gasteiger partial charge is 0.324 e. The molecule has 0 N–H and O–H groups in total. The van der Waals surface area contributed by atoms with Crippen molar-refractivity contribution in [1.29, 1.82) is 0 Å². The van der Waals surface area contributed by atoms with E-state index in [0.717, 1.165) is 22.7 Å². The Morgan fingerprint density at radius 3 is 2.39 bits per heavy atom. The molecule has 0 fully saturated rings. The lowest BCUT2D eigenvalue weighted by Crippen LogP contribution is -2.14. The molecule has 3 aromatic rings. The fourth-order valence-corrected chi connectivity index (χ4v) is 3.92. The second kappa shape index (κ2) is 9.41. The van der Waals surface area contributed by atoms with Crippen LogP contribution in [0.15, 0.2) is 59.8 Å². The molecule has 0 amide bonds. The zero-order chi connectivity index (χ0) is 19.9. The van der Waals surface area contributed by atoms with Gasteiger partial charge in [-0.2, -0.15) is 0 Å². The highest BCUT2D eigenvalue weighted by Gasteiger charge is 2.26. The van der Waals surface area contributed by atoms with Gasteiger partial charge in [-0.25, -0.2) is 0 Å². The van der Waals surface area contributed by atoms with Crippen molar-refractivity contribution < 1.29 is 14.3 Å². The number of benzene rings is 2. The number of carbonyl (C=O) groups excluding carboxylic acids is 1. The molecule has 0 aliphatic carbocycles. The van der Waals surface area contributed by atoms with Crippen LogP contribution in [-0.2, 0) is 16.1 Å². The molecule has 3 rings (SSSR count). The molecule has 6 nitrogen and oxygen atoms in total. The maximum atomic E-state index is 12.6. The summed E-state index contributed by atoms with van der Waals surface area (Å²) in [6.07, 6.45) is 0. The van der Waals surface area contributed by atoms with Crippen LogP contribution in [0.2, 0.25) is 0 Å². The summed E-state index contributed by atoms with van der Waals surface area (Å²) in [5.41, 5.74) is 1.82. The van der Waals surface area contributed by atoms with E-state index in [0.29, 0.717) is 18.3 Å². The molecule has 28 heavy (non-hydrogen) atoms. The van der Waals surface area contributed by atoms with Gasteiger partial charge in [-0.3, -0.25) is 4.79 Å². The Morgan fingerprint density at radius 2 is 1.79 bits per heavy atom. The van der Waals surface area contributed by atoms with E-state index in [-0.39, 0.29) is 5.97 Å². The van der Waals surface area contributed by atoms with E-state index in [1.165, 1.54) is 11.8 Å². The van der Waals surface area contributed by atoms with E-state index in [1.54, 1.807) is 14.0 Å². The van der Waals surface area contributed by atoms with E-state index in [4.69, 9.17) is 9.47 Å². The summed E-state index contributed by atoms with van der Waals surface area (Å²) in [6, 6.07) is 17.3. The molecule has 1 aromatic heterocycles. The van der Waals surface area contributed by atoms with Crippen LogP contribution in [0.3, 0.4) is 0 Å². The van der Waals surface area contributed by atoms with Gasteiger partial charge >= 0.3 is 5.97 Å². The molecule has 0 aliphatic rings. The monoisotopic (exact) mass is 397 g/mol. The molecule has 0 bridgehead atoms. The maximum absolute atomic E-state index is 12.6. The Labute approximate surface area is 168 Å². The Bertz CT molecular complexity index is 910. The summed E-state index contributed by atoms with van der Waals surface area (Å²) in [4.78, 5) is 12.6. The molecule has 1 atom stereocenters. The molecular weight excluding hydrogens is 374 g/mol. The number of thioether (sulfide) groups is 1. The summed E-state index contributed by atoms with van der Waals surface area (Å²) >= 11 is 1.35. The summed E-state index contributed by atoms with van der Waals surface area (Å²) < 4.78 is 12.5. The highest BCUT2D eigenvalue weighted by molar-refractivity contribution is 8.00. The van der Waals surface area contributed by atoms with Crippen molar-refractivity contribution in [2.45, 2.75) is 30.8 Å². The van der Waals surface area contributed by atoms with E-state index < -0.39 is 5.25 Å². The molecule has 0 unspecified atom stereocenters. The number of methoxy groups -OCH3 is 1. The lowest BCUT2D eigenvalue weighted by molar-refractivity contribution is -0.142. The van der Waals surface area contributed by atoms with Crippen LogP contribution in [0, 0.1) is 0 Å². The predicted molar refractivity (Wildman–Crippen MR) is 109 cm³/mol. The molecule has 0 spiro atoms. The fourth-order valence-electron chi connectivity index (χ4n) is 2.82. The van der Waals surface area contributed by atoms with Crippen LogP contribution >= 0.6 is 11.8 Å². The number of hydrogen-bond donors (Lipinski definition) is 0. The van der Waals surface area contributed by atoms with E-state index in [2.05, 4.69) is 10.2 Å². The van der Waals surface area contributed by atoms with E-state index in [9.17, 15) is 4.79 Å². The van der Waals surface area contributed by atoms with Crippen molar-refractivity contribution in [1.82, 2.24) is 14.8 Å². The third kappa shape index (κ3) is 4.36. The minimum Gasteiger partial charge on any atom is -0.497 e. The van der Waals surface area contributed by atoms with Crippen LogP contribution in [0.5, 0.6) is 5.75 Å². The fraction of sp³-hybridized carbons (Fsp3) is 0.286. The SMILES string of the molecule is CCOC(=O)[C@@H](Sc1nnc(-c2ccc(OC)cc2)n1CC)c1ccccc1. The number of aromatic nitrogens is 3. The molecule has 1 heterocycles. The minimum atomic E-state index is -0.501. The Hall–Kier alpha value is -2.80. The van der Waals surface area contributed by atoms with Gasteiger partial charge in [-0.05, 0) is 43.7 Å². The topological polar surface area (TPSA) is 66.2 Å². The number of rotatable bonds is 8. The van der Waals surface area contributed by atoms with Gasteiger partial charge in [0.05, 0.1) is 13.7 Å². The van der Waals surface area contributed by atoms with Crippen molar-refractivity contribution in [2.75, 3.05) is 13.7 Å². The number of carbonyl (C=O) groups is 1. The van der Waals surface area contributed by atoms with Crippen LogP contribution in [0.25, 0.3) is 11.4 Å². The molecular formula is C21H23N3O3S. The van der Waals surface area contributed by atoms with Crippen LogP contribution in [-0.4, -0.2) is 34.5 Å². The third-order valence-electron chi connectivity index (χ3n) is 4.21. The van der Waals surface area contributed by atoms with Crippen LogP contribution in [0.1, 0.15) is 24.7 Å². The first kappa shape index (κ1) is 19.9. The van der Waals surface area contributed by atoms with Crippen LogP contribution < -0.4 is 4.74 Å². The molecule has 0 saturated heterocycles. The van der Waals surface area contributed by atoms with Crippen molar-refractivity contribution in [3.05, 3.63) is 60.2 Å². The average molecular weight is 398 g/mol. The Morgan fingerprint density at radius 1 is 1.07 bits per heavy atom. The van der Waals surface area contributed by atoms with Gasteiger partial charge in [0.1, 0.15) is 11.0 Å². The highest BCUT2D eigenvalue weighted by Crippen LogP contribution is 2.37. The largest absolute Gasteiger partial charge is 0.497 e. The normalized spacial score (nSPS) is 11.8. The van der Waals surface area contributed by atoms with Gasteiger partial charge in [-0.15, -0.1) is 10.2 Å². The molecule has 0 radical (unpaired) electrons. The van der Waals surface area contributed by atoms with Gasteiger partial charge in [0.2, 0.25) is 0 Å². The number of nitrogens with zero attached hydrogens (tertiary/aromatic N) is 3. The molecule has 0 aliphatic heterocycles. The van der Waals surface area contributed by atoms with Gasteiger partial charge < -0.3 is 14.0 Å². The summed E-state index contributed by atoms with van der Waals surface area (Å²) in [7, 11) is 1.64. The van der Waals surface area contributed by atoms with Gasteiger partial charge in [-0.1, -0.05) is 42.1 Å². The first-order valence-electron chi connectivity index (χ1n) is 9.13. The van der Waals surface area contributed by atoms with Crippen molar-refractivity contribution in [3.8, 4) is 17.1 Å². The molecule has 0 saturated carbocycles. The second-order valence-corrected chi connectivity index (χ2v) is 7.01. The average Bonchev–Trinajstić information content (AvgIpc) is 3.15. The molecule has 7 heteroatoms. The first-order chi connectivity index (χ1) is 13.7. The maximum Gasteiger partial charge on any atom is 0.324 e. The summed E-state index contributed by atoms with van der Waals surface area (Å²) in [5, 5.41) is 8.89. The van der Waals surface area contributed by atoms with E-state index >= 15 is 0 Å². The van der Waals surface area contributed by atoms with Crippen LogP contribution in [0.4, 0.5) is 0 Å². The zero-order valence-electron chi connectivity index (χ0n) is 16.2. The summed E-state index contributed by atoms with van der Waals surface area (Å²) in [6.45, 7) is 4.85. The number of hydrogen-bond acceptors (Lipinski definition) is 6. The standard InChI is InChI=1S/C21H23N3O3S/c1-4-24-19(16-11-13-17(26-3)14-12-16)22-23-21(24)28-18(20(25)27-5-2)15-9-7-6-8-10-15/h6-14,18H,4-5H2,1-3H3/t18-/m0/s1. The Balaban J connectivity index is 1.93. The van der Waals surface area contributed by atoms with Crippen molar-refractivity contribution >= 4 is 17.7 Å². The summed E-state index contributed by atoms with van der Waals surface area (Å²) in [5.74, 6) is 1.26. The zero-order valence-corrected chi connectivity index (χ0v) is 17.0. The number of esters is 1. The second-order valence-electron chi connectivity index (χ2n) is 5.94. The van der Waals surface area contributed by atoms with Crippen molar-refractivity contribution in [2.24, 2.45) is 0 Å². The highest BCUT2D eigenvalue weighted by atomic mass is 32.2. The minimum absolute atomic E-state index is 0.282. The van der Waals surface area contributed by atoms with E-state index in [1.807, 2.05) is 66.1 Å². The van der Waals surface area contributed by atoms with Gasteiger partial charge in [0, 0.05) is 12.1 Å². The lowest BCUT2D eigenvalue weighted by atomic mass is 10.1. The first-order valence-corrected chi connectivity index (χ1v) is 10.0. The predicted octanol–water partition coefficient (Wildman–Crippen LogP) is 4.37. The number of ether oxygens (including phenoxy) is 2. The lowest BCUT2D eigenvalue weighted by Gasteiger charge is -2.16. The Kier molecular flexibility index (Phi) is 6.71. The third-order valence-corrected chi connectivity index (χ3v) is 5.42. The van der Waals surface area contributed by atoms with Crippen molar-refractivity contribution in [3.63, 3.8) is 0 Å².